The SMILES string of the molecule is CCN1C=CN(c2ccc(C)cc2)C1. The van der Waals surface area contributed by atoms with Gasteiger partial charge in [-0.3, -0.25) is 0 Å². The average molecular weight is 188 g/mol. The van der Waals surface area contributed by atoms with Gasteiger partial charge in [-0.25, -0.2) is 0 Å². The van der Waals surface area contributed by atoms with Gasteiger partial charge in [0.2, 0.25) is 0 Å². The van der Waals surface area contributed by atoms with E-state index in [9.17, 15) is 0 Å². The maximum atomic E-state index is 2.28. The quantitative estimate of drug-likeness (QED) is 0.703. The van der Waals surface area contributed by atoms with Crippen LogP contribution < -0.4 is 4.90 Å². The van der Waals surface area contributed by atoms with E-state index < -0.39 is 0 Å². The van der Waals surface area contributed by atoms with Gasteiger partial charge in [0.15, 0.2) is 0 Å². The second-order valence-corrected chi connectivity index (χ2v) is 3.65. The molecule has 0 atom stereocenters. The number of aryl methyl sites for hydroxylation is 1. The lowest BCUT2D eigenvalue weighted by atomic mass is 10.2. The van der Waals surface area contributed by atoms with Crippen molar-refractivity contribution in [1.29, 1.82) is 0 Å². The normalized spacial score (nSPS) is 15.3. The molecule has 14 heavy (non-hydrogen) atoms. The van der Waals surface area contributed by atoms with Gasteiger partial charge in [0.25, 0.3) is 0 Å². The van der Waals surface area contributed by atoms with Crippen LogP contribution >= 0.6 is 0 Å². The molecule has 2 heteroatoms. The summed E-state index contributed by atoms with van der Waals surface area (Å²) in [5, 5.41) is 0. The Balaban J connectivity index is 2.11. The minimum atomic E-state index is 0.972. The molecule has 0 amide bonds. The fourth-order valence-electron chi connectivity index (χ4n) is 1.57. The van der Waals surface area contributed by atoms with E-state index in [1.165, 1.54) is 11.3 Å². The third kappa shape index (κ3) is 1.74. The van der Waals surface area contributed by atoms with Gasteiger partial charge in [-0.05, 0) is 26.0 Å². The van der Waals surface area contributed by atoms with Gasteiger partial charge in [0, 0.05) is 24.6 Å². The molecule has 0 aliphatic carbocycles. The molecule has 0 unspecified atom stereocenters. The summed E-state index contributed by atoms with van der Waals surface area (Å²) in [6.07, 6.45) is 4.27. The number of hydrogen-bond donors (Lipinski definition) is 0. The smallest absolute Gasteiger partial charge is 0.0941 e. The van der Waals surface area contributed by atoms with Gasteiger partial charge in [-0.15, -0.1) is 0 Å². The summed E-state index contributed by atoms with van der Waals surface area (Å²) in [5.41, 5.74) is 2.58. The summed E-state index contributed by atoms with van der Waals surface area (Å²) < 4.78 is 0. The zero-order chi connectivity index (χ0) is 9.97. The summed E-state index contributed by atoms with van der Waals surface area (Å²) in [7, 11) is 0. The average Bonchev–Trinajstić information content (AvgIpc) is 2.67. The molecule has 1 heterocycles. The molecule has 0 saturated heterocycles. The largest absolute Gasteiger partial charge is 0.359 e. The van der Waals surface area contributed by atoms with Crippen LogP contribution in [-0.4, -0.2) is 18.1 Å². The first kappa shape index (κ1) is 9.13. The molecule has 1 aliphatic rings. The van der Waals surface area contributed by atoms with Crippen molar-refractivity contribution in [3.8, 4) is 0 Å². The fraction of sp³-hybridized carbons (Fsp3) is 0.333. The van der Waals surface area contributed by atoms with Gasteiger partial charge >= 0.3 is 0 Å². The van der Waals surface area contributed by atoms with Crippen molar-refractivity contribution in [3.63, 3.8) is 0 Å². The van der Waals surface area contributed by atoms with Crippen LogP contribution in [0.5, 0.6) is 0 Å². The minimum Gasteiger partial charge on any atom is -0.359 e. The Morgan fingerprint density at radius 1 is 1.14 bits per heavy atom. The molecule has 0 fully saturated rings. The van der Waals surface area contributed by atoms with Crippen molar-refractivity contribution in [2.75, 3.05) is 18.1 Å². The highest BCUT2D eigenvalue weighted by Crippen LogP contribution is 2.19. The molecule has 0 radical (unpaired) electrons. The van der Waals surface area contributed by atoms with Gasteiger partial charge < -0.3 is 9.80 Å². The van der Waals surface area contributed by atoms with Gasteiger partial charge in [0.05, 0.1) is 6.67 Å². The van der Waals surface area contributed by atoms with E-state index in [2.05, 4.69) is 60.3 Å². The second-order valence-electron chi connectivity index (χ2n) is 3.65. The zero-order valence-electron chi connectivity index (χ0n) is 8.77. The number of rotatable bonds is 2. The number of anilines is 1. The van der Waals surface area contributed by atoms with Crippen molar-refractivity contribution >= 4 is 5.69 Å². The number of nitrogens with zero attached hydrogens (tertiary/aromatic N) is 2. The van der Waals surface area contributed by atoms with E-state index in [0.29, 0.717) is 0 Å². The highest BCUT2D eigenvalue weighted by molar-refractivity contribution is 5.50. The van der Waals surface area contributed by atoms with Gasteiger partial charge in [-0.2, -0.15) is 0 Å². The lowest BCUT2D eigenvalue weighted by Crippen LogP contribution is -2.24. The van der Waals surface area contributed by atoms with Crippen LogP contribution in [0.3, 0.4) is 0 Å². The van der Waals surface area contributed by atoms with Gasteiger partial charge in [0.1, 0.15) is 0 Å². The van der Waals surface area contributed by atoms with Crippen molar-refractivity contribution < 1.29 is 0 Å². The summed E-state index contributed by atoms with van der Waals surface area (Å²) in [5.74, 6) is 0. The van der Waals surface area contributed by atoms with Crippen LogP contribution in [0, 0.1) is 6.92 Å². The van der Waals surface area contributed by atoms with Crippen LogP contribution in [0.15, 0.2) is 36.7 Å². The van der Waals surface area contributed by atoms with Crippen molar-refractivity contribution in [3.05, 3.63) is 42.2 Å². The van der Waals surface area contributed by atoms with Crippen LogP contribution in [0.4, 0.5) is 5.69 Å². The summed E-state index contributed by atoms with van der Waals surface area (Å²) >= 11 is 0. The van der Waals surface area contributed by atoms with E-state index >= 15 is 0 Å². The predicted molar refractivity (Wildman–Crippen MR) is 60.0 cm³/mol. The van der Waals surface area contributed by atoms with Crippen molar-refractivity contribution in [2.45, 2.75) is 13.8 Å². The molecule has 0 N–H and O–H groups in total. The molecule has 0 aromatic heterocycles. The minimum absolute atomic E-state index is 0.972. The lowest BCUT2D eigenvalue weighted by Gasteiger charge is -2.20. The summed E-state index contributed by atoms with van der Waals surface area (Å²) in [4.78, 5) is 4.53. The third-order valence-corrected chi connectivity index (χ3v) is 2.56. The monoisotopic (exact) mass is 188 g/mol. The van der Waals surface area contributed by atoms with E-state index in [1.54, 1.807) is 0 Å². The molecular formula is C12H16N2. The molecule has 0 saturated carbocycles. The Labute approximate surface area is 85.4 Å². The standard InChI is InChI=1S/C12H16N2/c1-3-13-8-9-14(10-13)12-6-4-11(2)5-7-12/h4-9H,3,10H2,1-2H3. The Kier molecular flexibility index (Phi) is 2.44. The molecule has 2 rings (SSSR count). The summed E-state index contributed by atoms with van der Waals surface area (Å²) in [6, 6.07) is 8.63. The predicted octanol–water partition coefficient (Wildman–Crippen LogP) is 2.57. The van der Waals surface area contributed by atoms with E-state index in [0.717, 1.165) is 13.2 Å². The molecule has 0 spiro atoms. The second kappa shape index (κ2) is 3.74. The van der Waals surface area contributed by atoms with E-state index in [4.69, 9.17) is 0 Å². The maximum absolute atomic E-state index is 2.28. The van der Waals surface area contributed by atoms with Crippen LogP contribution in [0.1, 0.15) is 12.5 Å². The maximum Gasteiger partial charge on any atom is 0.0941 e. The Morgan fingerprint density at radius 3 is 2.43 bits per heavy atom. The first-order chi connectivity index (χ1) is 6.79. The van der Waals surface area contributed by atoms with E-state index in [-0.39, 0.29) is 0 Å². The molecule has 1 aromatic carbocycles. The van der Waals surface area contributed by atoms with Crippen LogP contribution in [-0.2, 0) is 0 Å². The van der Waals surface area contributed by atoms with E-state index in [1.807, 2.05) is 0 Å². The van der Waals surface area contributed by atoms with Crippen molar-refractivity contribution in [1.82, 2.24) is 4.90 Å². The first-order valence-corrected chi connectivity index (χ1v) is 5.05. The lowest BCUT2D eigenvalue weighted by molar-refractivity contribution is 0.429. The highest BCUT2D eigenvalue weighted by Gasteiger charge is 2.11. The molecular weight excluding hydrogens is 172 g/mol. The molecule has 0 bridgehead atoms. The zero-order valence-corrected chi connectivity index (χ0v) is 8.77. The molecule has 1 aliphatic heterocycles. The topological polar surface area (TPSA) is 6.48 Å². The third-order valence-electron chi connectivity index (χ3n) is 2.56. The Hall–Kier alpha value is -1.44. The first-order valence-electron chi connectivity index (χ1n) is 5.05. The fourth-order valence-corrected chi connectivity index (χ4v) is 1.57. The Morgan fingerprint density at radius 2 is 1.86 bits per heavy atom. The molecule has 74 valence electrons. The Bertz CT molecular complexity index is 327. The van der Waals surface area contributed by atoms with Crippen LogP contribution in [0.2, 0.25) is 0 Å². The number of hydrogen-bond acceptors (Lipinski definition) is 2. The number of benzene rings is 1. The highest BCUT2D eigenvalue weighted by atomic mass is 15.3. The van der Waals surface area contributed by atoms with Gasteiger partial charge in [-0.1, -0.05) is 17.7 Å². The van der Waals surface area contributed by atoms with Crippen LogP contribution in [0.25, 0.3) is 0 Å². The summed E-state index contributed by atoms with van der Waals surface area (Å²) in [6.45, 7) is 6.32. The molecule has 2 nitrogen and oxygen atoms in total. The molecule has 1 aromatic rings. The van der Waals surface area contributed by atoms with Crippen molar-refractivity contribution in [2.24, 2.45) is 0 Å².